The van der Waals surface area contributed by atoms with Crippen LogP contribution in [-0.2, 0) is 6.54 Å². The standard InChI is InChI=1S/C16H25N3S.ClH/c1-2-14(17-7-1)12-5-8-19(9-6-12)10-15-16(13-3-4-13)18-11-20-15;/h11-14,17H,1-10H2;1H. The molecule has 118 valence electrons. The van der Waals surface area contributed by atoms with E-state index in [4.69, 9.17) is 0 Å². The molecule has 1 aliphatic carbocycles. The molecule has 0 aromatic carbocycles. The molecule has 3 fully saturated rings. The minimum Gasteiger partial charge on any atom is -0.314 e. The quantitative estimate of drug-likeness (QED) is 0.918. The first-order valence-electron chi connectivity index (χ1n) is 8.28. The van der Waals surface area contributed by atoms with Crippen LogP contribution in [0.1, 0.15) is 55.0 Å². The van der Waals surface area contributed by atoms with Gasteiger partial charge >= 0.3 is 0 Å². The Morgan fingerprint density at radius 3 is 2.67 bits per heavy atom. The highest BCUT2D eigenvalue weighted by molar-refractivity contribution is 7.09. The van der Waals surface area contributed by atoms with Gasteiger partial charge in [-0.25, -0.2) is 4.98 Å². The van der Waals surface area contributed by atoms with Crippen LogP contribution in [0.3, 0.4) is 0 Å². The molecule has 5 heteroatoms. The Bertz CT molecular complexity index is 446. The van der Waals surface area contributed by atoms with Gasteiger partial charge in [-0.05, 0) is 64.1 Å². The fourth-order valence-corrected chi connectivity index (χ4v) is 4.81. The average molecular weight is 328 g/mol. The monoisotopic (exact) mass is 327 g/mol. The van der Waals surface area contributed by atoms with E-state index in [1.807, 2.05) is 11.3 Å². The molecule has 21 heavy (non-hydrogen) atoms. The van der Waals surface area contributed by atoms with Gasteiger partial charge in [0.25, 0.3) is 0 Å². The van der Waals surface area contributed by atoms with E-state index in [0.717, 1.165) is 24.4 Å². The summed E-state index contributed by atoms with van der Waals surface area (Å²) in [5.74, 6) is 1.73. The molecule has 0 bridgehead atoms. The number of nitrogens with one attached hydrogen (secondary N) is 1. The van der Waals surface area contributed by atoms with Crippen LogP contribution in [0.4, 0.5) is 0 Å². The maximum atomic E-state index is 4.60. The third-order valence-corrected chi connectivity index (χ3v) is 6.14. The molecule has 1 N–H and O–H groups in total. The lowest BCUT2D eigenvalue weighted by Crippen LogP contribution is -2.40. The van der Waals surface area contributed by atoms with Crippen LogP contribution in [0.5, 0.6) is 0 Å². The van der Waals surface area contributed by atoms with Gasteiger partial charge in [-0.15, -0.1) is 23.7 Å². The largest absolute Gasteiger partial charge is 0.314 e. The van der Waals surface area contributed by atoms with Gasteiger partial charge < -0.3 is 5.32 Å². The summed E-state index contributed by atoms with van der Waals surface area (Å²) >= 11 is 1.87. The summed E-state index contributed by atoms with van der Waals surface area (Å²) in [6, 6.07) is 0.822. The SMILES string of the molecule is Cl.c1nc(C2CC2)c(CN2CCC(C3CCCN3)CC2)s1. The van der Waals surface area contributed by atoms with E-state index in [0.29, 0.717) is 0 Å². The molecule has 1 unspecified atom stereocenters. The minimum atomic E-state index is 0. The average Bonchev–Trinajstić information content (AvgIpc) is 3.00. The Morgan fingerprint density at radius 2 is 2.00 bits per heavy atom. The number of likely N-dealkylation sites (tertiary alicyclic amines) is 1. The Morgan fingerprint density at radius 1 is 1.19 bits per heavy atom. The zero-order valence-corrected chi connectivity index (χ0v) is 14.2. The number of hydrogen-bond donors (Lipinski definition) is 1. The lowest BCUT2D eigenvalue weighted by molar-refractivity contribution is 0.158. The second kappa shape index (κ2) is 6.95. The van der Waals surface area contributed by atoms with Crippen molar-refractivity contribution >= 4 is 23.7 Å². The summed E-state index contributed by atoms with van der Waals surface area (Å²) in [6.45, 7) is 4.97. The van der Waals surface area contributed by atoms with Crippen molar-refractivity contribution in [3.05, 3.63) is 16.1 Å². The number of rotatable bonds is 4. The van der Waals surface area contributed by atoms with E-state index in [1.54, 1.807) is 4.88 Å². The van der Waals surface area contributed by atoms with Gasteiger partial charge in [-0.2, -0.15) is 0 Å². The van der Waals surface area contributed by atoms with Gasteiger partial charge in [0.05, 0.1) is 11.2 Å². The van der Waals surface area contributed by atoms with Crippen LogP contribution in [0.15, 0.2) is 5.51 Å². The molecule has 0 radical (unpaired) electrons. The molecule has 3 aliphatic rings. The summed E-state index contributed by atoms with van der Waals surface area (Å²) in [4.78, 5) is 8.81. The smallest absolute Gasteiger partial charge is 0.0798 e. The van der Waals surface area contributed by atoms with Crippen molar-refractivity contribution in [3.63, 3.8) is 0 Å². The van der Waals surface area contributed by atoms with Crippen LogP contribution in [-0.4, -0.2) is 35.6 Å². The molecule has 1 aromatic heterocycles. The molecule has 2 aliphatic heterocycles. The van der Waals surface area contributed by atoms with Gasteiger partial charge in [-0.1, -0.05) is 0 Å². The number of hydrogen-bond acceptors (Lipinski definition) is 4. The van der Waals surface area contributed by atoms with E-state index in [-0.39, 0.29) is 12.4 Å². The molecular weight excluding hydrogens is 302 g/mol. The van der Waals surface area contributed by atoms with E-state index < -0.39 is 0 Å². The van der Waals surface area contributed by atoms with Crippen LogP contribution >= 0.6 is 23.7 Å². The molecule has 0 spiro atoms. The number of piperidine rings is 1. The molecule has 1 aromatic rings. The van der Waals surface area contributed by atoms with Gasteiger partial charge in [0, 0.05) is 23.4 Å². The maximum Gasteiger partial charge on any atom is 0.0798 e. The first kappa shape index (κ1) is 15.7. The second-order valence-corrected chi connectivity index (χ2v) is 7.69. The molecule has 1 atom stereocenters. The molecule has 2 saturated heterocycles. The van der Waals surface area contributed by atoms with Crippen molar-refractivity contribution in [1.29, 1.82) is 0 Å². The molecule has 1 saturated carbocycles. The normalized spacial score (nSPS) is 27.7. The van der Waals surface area contributed by atoms with Crippen molar-refractivity contribution in [1.82, 2.24) is 15.2 Å². The lowest BCUT2D eigenvalue weighted by Gasteiger charge is -2.34. The zero-order valence-electron chi connectivity index (χ0n) is 12.6. The number of thiazole rings is 1. The predicted molar refractivity (Wildman–Crippen MR) is 90.4 cm³/mol. The Kier molecular flexibility index (Phi) is 5.20. The fraction of sp³-hybridized carbons (Fsp3) is 0.812. The van der Waals surface area contributed by atoms with Crippen molar-refractivity contribution in [2.24, 2.45) is 5.92 Å². The summed E-state index contributed by atoms with van der Waals surface area (Å²) in [5, 5.41) is 3.69. The highest BCUT2D eigenvalue weighted by atomic mass is 35.5. The molecular formula is C16H26ClN3S. The third-order valence-electron chi connectivity index (χ3n) is 5.30. The number of nitrogens with zero attached hydrogens (tertiary/aromatic N) is 2. The molecule has 0 amide bonds. The number of halogens is 1. The molecule has 3 heterocycles. The third kappa shape index (κ3) is 3.61. The van der Waals surface area contributed by atoms with Crippen molar-refractivity contribution in [3.8, 4) is 0 Å². The topological polar surface area (TPSA) is 28.2 Å². The maximum absolute atomic E-state index is 4.60. The summed E-state index contributed by atoms with van der Waals surface area (Å²) in [6.07, 6.45) is 8.30. The highest BCUT2D eigenvalue weighted by Gasteiger charge is 2.31. The van der Waals surface area contributed by atoms with Crippen molar-refractivity contribution in [2.75, 3.05) is 19.6 Å². The fourth-order valence-electron chi connectivity index (χ4n) is 3.92. The van der Waals surface area contributed by atoms with Crippen molar-refractivity contribution < 1.29 is 0 Å². The van der Waals surface area contributed by atoms with Gasteiger partial charge in [0.1, 0.15) is 0 Å². The highest BCUT2D eigenvalue weighted by Crippen LogP contribution is 2.42. The molecule has 4 rings (SSSR count). The van der Waals surface area contributed by atoms with Crippen LogP contribution in [0.25, 0.3) is 0 Å². The first-order chi connectivity index (χ1) is 9.90. The van der Waals surface area contributed by atoms with Crippen LogP contribution in [0, 0.1) is 5.92 Å². The van der Waals surface area contributed by atoms with E-state index in [1.165, 1.54) is 63.9 Å². The minimum absolute atomic E-state index is 0. The predicted octanol–water partition coefficient (Wildman–Crippen LogP) is 3.41. The summed E-state index contributed by atoms with van der Waals surface area (Å²) < 4.78 is 0. The summed E-state index contributed by atoms with van der Waals surface area (Å²) in [7, 11) is 0. The van der Waals surface area contributed by atoms with Crippen LogP contribution in [0.2, 0.25) is 0 Å². The van der Waals surface area contributed by atoms with Gasteiger partial charge in [0.15, 0.2) is 0 Å². The van der Waals surface area contributed by atoms with Crippen LogP contribution < -0.4 is 5.32 Å². The van der Waals surface area contributed by atoms with E-state index in [9.17, 15) is 0 Å². The Labute approximate surface area is 137 Å². The first-order valence-corrected chi connectivity index (χ1v) is 9.16. The number of aromatic nitrogens is 1. The van der Waals surface area contributed by atoms with Crippen molar-refractivity contribution in [2.45, 2.75) is 57.0 Å². The summed E-state index contributed by atoms with van der Waals surface area (Å²) in [5.41, 5.74) is 3.48. The second-order valence-electron chi connectivity index (χ2n) is 6.75. The van der Waals surface area contributed by atoms with Gasteiger partial charge in [0.2, 0.25) is 0 Å². The van der Waals surface area contributed by atoms with E-state index >= 15 is 0 Å². The lowest BCUT2D eigenvalue weighted by atomic mass is 9.88. The van der Waals surface area contributed by atoms with E-state index in [2.05, 4.69) is 20.7 Å². The Balaban J connectivity index is 0.00000132. The molecule has 3 nitrogen and oxygen atoms in total. The zero-order chi connectivity index (χ0) is 13.4. The Hall–Kier alpha value is -0.160. The van der Waals surface area contributed by atoms with Gasteiger partial charge in [-0.3, -0.25) is 4.90 Å².